The topological polar surface area (TPSA) is 42.0 Å². The molecule has 0 aliphatic rings. The van der Waals surface area contributed by atoms with Gasteiger partial charge in [0.25, 0.3) is 0 Å². The maximum atomic E-state index is 10.7. The third kappa shape index (κ3) is 2.71. The summed E-state index contributed by atoms with van der Waals surface area (Å²) in [6.07, 6.45) is 3.38. The Hall–Kier alpha value is -1.64. The van der Waals surface area contributed by atoms with Crippen LogP contribution in [0.5, 0.6) is 0 Å². The van der Waals surface area contributed by atoms with Gasteiger partial charge in [0, 0.05) is 19.7 Å². The van der Waals surface area contributed by atoms with Crippen molar-refractivity contribution in [3.05, 3.63) is 36.2 Å². The van der Waals surface area contributed by atoms with Gasteiger partial charge in [0.05, 0.1) is 5.69 Å². The number of carbonyl (C=O) groups is 1. The van der Waals surface area contributed by atoms with Crippen LogP contribution in [0.2, 0.25) is 0 Å². The van der Waals surface area contributed by atoms with Crippen molar-refractivity contribution in [2.24, 2.45) is 0 Å². The number of hydrogen-bond acceptors (Lipinski definition) is 2. The molecule has 1 heterocycles. The van der Waals surface area contributed by atoms with Crippen molar-refractivity contribution in [3.8, 4) is 0 Å². The van der Waals surface area contributed by atoms with E-state index >= 15 is 0 Å². The summed E-state index contributed by atoms with van der Waals surface area (Å²) in [4.78, 5) is 14.8. The van der Waals surface area contributed by atoms with Crippen LogP contribution in [0.15, 0.2) is 24.9 Å². The van der Waals surface area contributed by atoms with Crippen molar-refractivity contribution in [1.82, 2.24) is 10.3 Å². The molecule has 0 fully saturated rings. The van der Waals surface area contributed by atoms with Gasteiger partial charge < -0.3 is 5.32 Å². The van der Waals surface area contributed by atoms with Crippen molar-refractivity contribution in [2.45, 2.75) is 13.5 Å². The van der Waals surface area contributed by atoms with Crippen molar-refractivity contribution >= 4 is 12.0 Å². The summed E-state index contributed by atoms with van der Waals surface area (Å²) in [5, 5.41) is 2.71. The maximum Gasteiger partial charge on any atom is 0.217 e. The van der Waals surface area contributed by atoms with Crippen LogP contribution in [0.1, 0.15) is 18.2 Å². The van der Waals surface area contributed by atoms with Gasteiger partial charge >= 0.3 is 0 Å². The lowest BCUT2D eigenvalue weighted by molar-refractivity contribution is -0.119. The summed E-state index contributed by atoms with van der Waals surface area (Å²) in [6, 6.07) is 3.75. The van der Waals surface area contributed by atoms with Gasteiger partial charge in [0.2, 0.25) is 5.91 Å². The van der Waals surface area contributed by atoms with E-state index in [1.807, 2.05) is 12.1 Å². The fourth-order valence-electron chi connectivity index (χ4n) is 1.00. The Labute approximate surface area is 77.5 Å². The Morgan fingerprint density at radius 3 is 3.15 bits per heavy atom. The first-order chi connectivity index (χ1) is 6.24. The van der Waals surface area contributed by atoms with Crippen LogP contribution < -0.4 is 5.32 Å². The quantitative estimate of drug-likeness (QED) is 0.755. The van der Waals surface area contributed by atoms with E-state index in [9.17, 15) is 4.79 Å². The van der Waals surface area contributed by atoms with Crippen molar-refractivity contribution in [2.75, 3.05) is 0 Å². The predicted octanol–water partition coefficient (Wildman–Crippen LogP) is 1.36. The lowest BCUT2D eigenvalue weighted by Crippen LogP contribution is -2.19. The first-order valence-electron chi connectivity index (χ1n) is 4.05. The molecular weight excluding hydrogens is 164 g/mol. The molecular formula is C10H12N2O. The van der Waals surface area contributed by atoms with E-state index in [-0.39, 0.29) is 5.91 Å². The van der Waals surface area contributed by atoms with Crippen LogP contribution in [0.25, 0.3) is 6.08 Å². The third-order valence-electron chi connectivity index (χ3n) is 1.65. The third-order valence-corrected chi connectivity index (χ3v) is 1.65. The van der Waals surface area contributed by atoms with Gasteiger partial charge in [-0.25, -0.2) is 0 Å². The zero-order valence-electron chi connectivity index (χ0n) is 7.58. The molecule has 1 N–H and O–H groups in total. The Bertz CT molecular complexity index is 320. The van der Waals surface area contributed by atoms with E-state index in [1.54, 1.807) is 12.3 Å². The summed E-state index contributed by atoms with van der Waals surface area (Å²) in [5.41, 5.74) is 1.80. The van der Waals surface area contributed by atoms with Gasteiger partial charge in [-0.15, -0.1) is 0 Å². The number of nitrogens with one attached hydrogen (secondary N) is 1. The van der Waals surface area contributed by atoms with Crippen molar-refractivity contribution < 1.29 is 4.79 Å². The van der Waals surface area contributed by atoms with Crippen molar-refractivity contribution in [3.63, 3.8) is 0 Å². The van der Waals surface area contributed by atoms with Gasteiger partial charge in [0.1, 0.15) is 0 Å². The fourth-order valence-corrected chi connectivity index (χ4v) is 1.00. The molecule has 0 aliphatic carbocycles. The zero-order chi connectivity index (χ0) is 9.68. The fraction of sp³-hybridized carbons (Fsp3) is 0.200. The van der Waals surface area contributed by atoms with E-state index in [1.165, 1.54) is 6.92 Å². The van der Waals surface area contributed by atoms with Crippen LogP contribution in [0.4, 0.5) is 0 Å². The second-order valence-electron chi connectivity index (χ2n) is 2.66. The molecule has 0 radical (unpaired) electrons. The molecule has 13 heavy (non-hydrogen) atoms. The number of nitrogens with zero attached hydrogens (tertiary/aromatic N) is 1. The van der Waals surface area contributed by atoms with Crippen LogP contribution in [-0.4, -0.2) is 10.9 Å². The molecule has 1 aromatic heterocycles. The molecule has 0 bridgehead atoms. The molecule has 1 amide bonds. The van der Waals surface area contributed by atoms with Crippen LogP contribution in [0.3, 0.4) is 0 Å². The van der Waals surface area contributed by atoms with E-state index in [0.717, 1.165) is 11.3 Å². The summed E-state index contributed by atoms with van der Waals surface area (Å²) in [6.45, 7) is 5.64. The van der Waals surface area contributed by atoms with E-state index in [2.05, 4.69) is 16.9 Å². The Morgan fingerprint density at radius 2 is 2.54 bits per heavy atom. The van der Waals surface area contributed by atoms with Gasteiger partial charge in [0.15, 0.2) is 0 Å². The number of pyridine rings is 1. The molecule has 68 valence electrons. The number of rotatable bonds is 3. The average Bonchev–Trinajstić information content (AvgIpc) is 2.15. The highest BCUT2D eigenvalue weighted by molar-refractivity contribution is 5.72. The molecule has 0 spiro atoms. The predicted molar refractivity (Wildman–Crippen MR) is 51.8 cm³/mol. The standard InChI is InChI=1S/C10H12N2O/c1-3-10-9(5-4-6-11-10)7-12-8(2)13/h3-6H,1,7H2,2H3,(H,12,13). The molecule has 3 nitrogen and oxygen atoms in total. The molecule has 0 saturated carbocycles. The Kier molecular flexibility index (Phi) is 3.20. The second kappa shape index (κ2) is 4.40. The average molecular weight is 176 g/mol. The largest absolute Gasteiger partial charge is 0.352 e. The first-order valence-corrected chi connectivity index (χ1v) is 4.05. The second-order valence-corrected chi connectivity index (χ2v) is 2.66. The van der Waals surface area contributed by atoms with Gasteiger partial charge in [-0.05, 0) is 17.7 Å². The summed E-state index contributed by atoms with van der Waals surface area (Å²) in [5.74, 6) is -0.0427. The molecule has 3 heteroatoms. The monoisotopic (exact) mass is 176 g/mol. The van der Waals surface area contributed by atoms with E-state index < -0.39 is 0 Å². The molecule has 1 rings (SSSR count). The SMILES string of the molecule is C=Cc1ncccc1CNC(C)=O. The number of aromatic nitrogens is 1. The lowest BCUT2D eigenvalue weighted by atomic mass is 10.2. The Morgan fingerprint density at radius 1 is 1.77 bits per heavy atom. The summed E-state index contributed by atoms with van der Waals surface area (Å²) in [7, 11) is 0. The molecule has 0 saturated heterocycles. The van der Waals surface area contributed by atoms with Gasteiger partial charge in [-0.1, -0.05) is 12.6 Å². The Balaban J connectivity index is 2.75. The van der Waals surface area contributed by atoms with Gasteiger partial charge in [-0.3, -0.25) is 9.78 Å². The van der Waals surface area contributed by atoms with Crippen LogP contribution >= 0.6 is 0 Å². The summed E-state index contributed by atoms with van der Waals surface area (Å²) < 4.78 is 0. The zero-order valence-corrected chi connectivity index (χ0v) is 7.58. The molecule has 1 aromatic rings. The maximum absolute atomic E-state index is 10.7. The van der Waals surface area contributed by atoms with E-state index in [0.29, 0.717) is 6.54 Å². The minimum absolute atomic E-state index is 0.0427. The molecule has 0 unspecified atom stereocenters. The first kappa shape index (κ1) is 9.45. The minimum Gasteiger partial charge on any atom is -0.352 e. The lowest BCUT2D eigenvalue weighted by Gasteiger charge is -2.04. The molecule has 0 atom stereocenters. The molecule has 0 aromatic carbocycles. The molecule has 0 aliphatic heterocycles. The van der Waals surface area contributed by atoms with Crippen molar-refractivity contribution in [1.29, 1.82) is 0 Å². The highest BCUT2D eigenvalue weighted by atomic mass is 16.1. The smallest absolute Gasteiger partial charge is 0.217 e. The highest BCUT2D eigenvalue weighted by Gasteiger charge is 1.99. The van der Waals surface area contributed by atoms with E-state index in [4.69, 9.17) is 0 Å². The number of carbonyl (C=O) groups excluding carboxylic acids is 1. The summed E-state index contributed by atoms with van der Waals surface area (Å²) >= 11 is 0. The van der Waals surface area contributed by atoms with Crippen LogP contribution in [0, 0.1) is 0 Å². The minimum atomic E-state index is -0.0427. The highest BCUT2D eigenvalue weighted by Crippen LogP contribution is 2.05. The number of hydrogen-bond donors (Lipinski definition) is 1. The normalized spacial score (nSPS) is 9.31. The van der Waals surface area contributed by atoms with Crippen LogP contribution in [-0.2, 0) is 11.3 Å². The van der Waals surface area contributed by atoms with Gasteiger partial charge in [-0.2, -0.15) is 0 Å². The number of amides is 1.